The van der Waals surface area contributed by atoms with Crippen LogP contribution in [0.2, 0.25) is 0 Å². The third-order valence-corrected chi connectivity index (χ3v) is 0.958. The zero-order chi connectivity index (χ0) is 11.0. The molecule has 0 heterocycles. The molecule has 0 atom stereocenters. The molecule has 0 N–H and O–H groups in total. The van der Waals surface area contributed by atoms with Crippen molar-refractivity contribution in [1.29, 1.82) is 0 Å². The van der Waals surface area contributed by atoms with E-state index in [1.54, 1.807) is 0 Å². The van der Waals surface area contributed by atoms with Crippen LogP contribution < -0.4 is 0 Å². The van der Waals surface area contributed by atoms with Crippen molar-refractivity contribution in [2.24, 2.45) is 0 Å². The summed E-state index contributed by atoms with van der Waals surface area (Å²) in [5.74, 6) is 0. The van der Waals surface area contributed by atoms with Crippen LogP contribution in [-0.4, -0.2) is 25.2 Å². The average Bonchev–Trinajstić information content (AvgIpc) is 2.07. The van der Waals surface area contributed by atoms with E-state index in [-0.39, 0.29) is 6.79 Å². The van der Waals surface area contributed by atoms with Gasteiger partial charge in [0.15, 0.2) is 0 Å². The molecule has 14 heavy (non-hydrogen) atoms. The number of ether oxygens (including phenoxy) is 2. The fourth-order valence-corrected chi connectivity index (χ4v) is 0.500. The van der Waals surface area contributed by atoms with Gasteiger partial charge in [0.05, 0.1) is 12.2 Å². The van der Waals surface area contributed by atoms with Gasteiger partial charge in [0.25, 0.3) is 0 Å². The molecule has 0 bridgehead atoms. The lowest BCUT2D eigenvalue weighted by molar-refractivity contribution is -0.375. The summed E-state index contributed by atoms with van der Waals surface area (Å²) in [5, 5.41) is 0. The van der Waals surface area contributed by atoms with Gasteiger partial charge in [0.1, 0.15) is 0 Å². The molecule has 0 fully saturated rings. The maximum atomic E-state index is 10.7. The molecule has 5 nitrogen and oxygen atoms in total. The Bertz CT molecular complexity index is 161. The molecule has 5 heteroatoms. The zero-order valence-electron chi connectivity index (χ0n) is 9.16. The van der Waals surface area contributed by atoms with Crippen molar-refractivity contribution in [3.63, 3.8) is 0 Å². The molecule has 0 spiro atoms. The third-order valence-electron chi connectivity index (χ3n) is 0.958. The number of hydrogen-bond donors (Lipinski definition) is 0. The van der Waals surface area contributed by atoms with Crippen molar-refractivity contribution >= 4 is 6.16 Å². The van der Waals surface area contributed by atoms with Crippen molar-refractivity contribution in [2.45, 2.75) is 39.7 Å². The molecule has 0 saturated heterocycles. The summed E-state index contributed by atoms with van der Waals surface area (Å²) >= 11 is 0. The van der Waals surface area contributed by atoms with Crippen LogP contribution in [-0.2, 0) is 19.2 Å². The lowest BCUT2D eigenvalue weighted by atomic mass is 10.2. The van der Waals surface area contributed by atoms with Crippen molar-refractivity contribution in [3.05, 3.63) is 0 Å². The van der Waals surface area contributed by atoms with E-state index in [0.29, 0.717) is 6.61 Å². The zero-order valence-corrected chi connectivity index (χ0v) is 9.16. The molecule has 0 aliphatic heterocycles. The molecule has 0 radical (unpaired) electrons. The predicted molar refractivity (Wildman–Crippen MR) is 49.5 cm³/mol. The number of carbonyl (C=O) groups excluding carboxylic acids is 1. The fraction of sp³-hybridized carbons (Fsp3) is 0.889. The lowest BCUT2D eigenvalue weighted by Gasteiger charge is -2.16. The van der Waals surface area contributed by atoms with Gasteiger partial charge in [-0.05, 0) is 27.2 Å². The maximum Gasteiger partial charge on any atom is 0.510 e. The summed E-state index contributed by atoms with van der Waals surface area (Å²) < 4.78 is 9.16. The molecule has 0 aromatic rings. The van der Waals surface area contributed by atoms with Gasteiger partial charge in [-0.3, -0.25) is 0 Å². The van der Waals surface area contributed by atoms with Gasteiger partial charge in [-0.2, -0.15) is 4.89 Å². The van der Waals surface area contributed by atoms with E-state index in [1.807, 2.05) is 27.7 Å². The van der Waals surface area contributed by atoms with E-state index in [9.17, 15) is 4.79 Å². The number of rotatable bonds is 5. The minimum Gasteiger partial charge on any atom is -0.434 e. The van der Waals surface area contributed by atoms with E-state index >= 15 is 0 Å². The minimum absolute atomic E-state index is 0.264. The topological polar surface area (TPSA) is 54.0 Å². The van der Waals surface area contributed by atoms with Crippen molar-refractivity contribution in [2.75, 3.05) is 13.4 Å². The first-order chi connectivity index (χ1) is 6.45. The van der Waals surface area contributed by atoms with Crippen LogP contribution in [0.4, 0.5) is 4.79 Å². The molecular formula is C9H18O5. The van der Waals surface area contributed by atoms with Gasteiger partial charge < -0.3 is 9.47 Å². The van der Waals surface area contributed by atoms with Crippen LogP contribution in [0.5, 0.6) is 0 Å². The summed E-state index contributed by atoms with van der Waals surface area (Å²) in [6, 6.07) is 0. The van der Waals surface area contributed by atoms with Crippen molar-refractivity contribution < 1.29 is 24.0 Å². The van der Waals surface area contributed by atoms with Crippen LogP contribution in [0.15, 0.2) is 0 Å². The average molecular weight is 206 g/mol. The monoisotopic (exact) mass is 206 g/mol. The summed E-state index contributed by atoms with van der Waals surface area (Å²) in [6.07, 6.45) is 0.0124. The minimum atomic E-state index is -0.746. The first-order valence-corrected chi connectivity index (χ1v) is 4.56. The molecule has 0 aromatic heterocycles. The van der Waals surface area contributed by atoms with E-state index in [0.717, 1.165) is 6.42 Å². The first-order valence-electron chi connectivity index (χ1n) is 4.56. The fourth-order valence-electron chi connectivity index (χ4n) is 0.500. The molecule has 0 amide bonds. The van der Waals surface area contributed by atoms with E-state index < -0.39 is 11.8 Å². The van der Waals surface area contributed by atoms with Gasteiger partial charge in [0, 0.05) is 0 Å². The third kappa shape index (κ3) is 9.28. The Morgan fingerprint density at radius 1 is 1.21 bits per heavy atom. The Balaban J connectivity index is 3.32. The van der Waals surface area contributed by atoms with E-state index in [1.165, 1.54) is 0 Å². The van der Waals surface area contributed by atoms with Crippen LogP contribution in [0.25, 0.3) is 0 Å². The quantitative estimate of drug-likeness (QED) is 0.227. The Labute approximate surface area is 84.2 Å². The Morgan fingerprint density at radius 3 is 2.36 bits per heavy atom. The molecule has 0 unspecified atom stereocenters. The first kappa shape index (κ1) is 13.2. The summed E-state index contributed by atoms with van der Waals surface area (Å²) in [7, 11) is 0. The van der Waals surface area contributed by atoms with Crippen LogP contribution in [0.3, 0.4) is 0 Å². The van der Waals surface area contributed by atoms with Crippen LogP contribution >= 0.6 is 0 Å². The highest BCUT2D eigenvalue weighted by Crippen LogP contribution is 2.06. The maximum absolute atomic E-state index is 10.7. The smallest absolute Gasteiger partial charge is 0.434 e. The number of carbonyl (C=O) groups is 1. The highest BCUT2D eigenvalue weighted by Gasteiger charge is 2.12. The normalized spacial score (nSPS) is 11.1. The highest BCUT2D eigenvalue weighted by atomic mass is 17.2. The lowest BCUT2D eigenvalue weighted by Crippen LogP contribution is -2.21. The second kappa shape index (κ2) is 6.62. The SMILES string of the molecule is CCCOC(=O)OCOOC(C)(C)C. The second-order valence-corrected chi connectivity index (χ2v) is 3.67. The predicted octanol–water partition coefficient (Wildman–Crippen LogP) is 2.25. The van der Waals surface area contributed by atoms with Gasteiger partial charge in [-0.15, -0.1) is 0 Å². The Kier molecular flexibility index (Phi) is 6.23. The molecule has 0 aliphatic rings. The van der Waals surface area contributed by atoms with Crippen LogP contribution in [0.1, 0.15) is 34.1 Å². The van der Waals surface area contributed by atoms with Gasteiger partial charge in [-0.1, -0.05) is 6.92 Å². The molecule has 0 aromatic carbocycles. The van der Waals surface area contributed by atoms with E-state index in [2.05, 4.69) is 14.4 Å². The Hall–Kier alpha value is -0.810. The molecule has 0 rings (SSSR count). The standard InChI is InChI=1S/C9H18O5/c1-5-6-11-8(10)12-7-13-14-9(2,3)4/h5-7H2,1-4H3. The van der Waals surface area contributed by atoms with Crippen molar-refractivity contribution in [1.82, 2.24) is 0 Å². The van der Waals surface area contributed by atoms with Crippen LogP contribution in [0, 0.1) is 0 Å². The Morgan fingerprint density at radius 2 is 1.86 bits per heavy atom. The molecule has 84 valence electrons. The largest absolute Gasteiger partial charge is 0.510 e. The van der Waals surface area contributed by atoms with E-state index in [4.69, 9.17) is 4.89 Å². The summed E-state index contributed by atoms with van der Waals surface area (Å²) in [5.41, 5.74) is -0.420. The second-order valence-electron chi connectivity index (χ2n) is 3.67. The summed E-state index contributed by atoms with van der Waals surface area (Å²) in [4.78, 5) is 20.2. The summed E-state index contributed by atoms with van der Waals surface area (Å²) in [6.45, 7) is 7.44. The number of hydrogen-bond acceptors (Lipinski definition) is 5. The molecule has 0 saturated carbocycles. The van der Waals surface area contributed by atoms with Gasteiger partial charge in [-0.25, -0.2) is 9.68 Å². The van der Waals surface area contributed by atoms with Gasteiger partial charge in [0.2, 0.25) is 6.79 Å². The molecular weight excluding hydrogens is 188 g/mol. The van der Waals surface area contributed by atoms with Gasteiger partial charge >= 0.3 is 6.16 Å². The molecule has 0 aliphatic carbocycles. The van der Waals surface area contributed by atoms with Crippen molar-refractivity contribution in [3.8, 4) is 0 Å². The highest BCUT2D eigenvalue weighted by molar-refractivity contribution is 5.59.